The third kappa shape index (κ3) is 1.40. The summed E-state index contributed by atoms with van der Waals surface area (Å²) in [7, 11) is 0. The molecule has 1 aliphatic carbocycles. The Labute approximate surface area is 88.6 Å². The second-order valence-corrected chi connectivity index (χ2v) is 4.01. The first-order chi connectivity index (χ1) is 7.36. The number of hydrogen-bond donors (Lipinski definition) is 1. The third-order valence-corrected chi connectivity index (χ3v) is 3.04. The molecular weight excluding hydrogens is 186 g/mol. The Balaban J connectivity index is 1.83. The van der Waals surface area contributed by atoms with Crippen molar-refractivity contribution < 1.29 is 0 Å². The van der Waals surface area contributed by atoms with Crippen molar-refractivity contribution in [3.05, 3.63) is 48.3 Å². The van der Waals surface area contributed by atoms with Crippen LogP contribution in [0.2, 0.25) is 0 Å². The Morgan fingerprint density at radius 3 is 2.73 bits per heavy atom. The van der Waals surface area contributed by atoms with Gasteiger partial charge in [0.1, 0.15) is 0 Å². The zero-order valence-electron chi connectivity index (χ0n) is 8.38. The maximum absolute atomic E-state index is 5.77. The highest BCUT2D eigenvalue weighted by atomic mass is 15.2. The van der Waals surface area contributed by atoms with Gasteiger partial charge in [-0.1, -0.05) is 30.3 Å². The lowest BCUT2D eigenvalue weighted by Crippen LogP contribution is -2.00. The molecular formula is C12H13N3. The lowest BCUT2D eigenvalue weighted by Gasteiger charge is -2.03. The van der Waals surface area contributed by atoms with E-state index in [-0.39, 0.29) is 0 Å². The van der Waals surface area contributed by atoms with Crippen molar-refractivity contribution in [2.45, 2.75) is 18.4 Å². The van der Waals surface area contributed by atoms with Gasteiger partial charge in [-0.3, -0.25) is 0 Å². The third-order valence-electron chi connectivity index (χ3n) is 3.04. The molecule has 1 heterocycles. The highest BCUT2D eigenvalue weighted by Crippen LogP contribution is 2.51. The summed E-state index contributed by atoms with van der Waals surface area (Å²) in [6, 6.07) is 11.1. The van der Waals surface area contributed by atoms with Crippen molar-refractivity contribution in [1.29, 1.82) is 0 Å². The Bertz CT molecular complexity index is 461. The van der Waals surface area contributed by atoms with Crippen LogP contribution in [-0.2, 0) is 0 Å². The molecule has 1 aliphatic rings. The van der Waals surface area contributed by atoms with E-state index in [0.717, 1.165) is 0 Å². The minimum atomic E-state index is 0.509. The SMILES string of the molecule is Nc1nccn1C1CC1c1ccccc1. The fourth-order valence-corrected chi connectivity index (χ4v) is 2.15. The van der Waals surface area contributed by atoms with Gasteiger partial charge in [0.2, 0.25) is 0 Å². The first kappa shape index (κ1) is 8.53. The molecule has 3 heteroatoms. The number of rotatable bonds is 2. The Hall–Kier alpha value is -1.77. The van der Waals surface area contributed by atoms with E-state index in [2.05, 4.69) is 33.8 Å². The summed E-state index contributed by atoms with van der Waals surface area (Å²) in [4.78, 5) is 4.05. The molecule has 1 aromatic carbocycles. The standard InChI is InChI=1S/C12H13N3/c13-12-14-6-7-15(12)11-8-10(11)9-4-2-1-3-5-9/h1-7,10-11H,8H2,(H2,13,14). The predicted octanol–water partition coefficient (Wildman–Crippen LogP) is 2.19. The topological polar surface area (TPSA) is 43.8 Å². The highest BCUT2D eigenvalue weighted by molar-refractivity contribution is 5.30. The molecule has 0 amide bonds. The van der Waals surface area contributed by atoms with E-state index in [1.807, 2.05) is 12.3 Å². The zero-order chi connectivity index (χ0) is 10.3. The molecule has 3 nitrogen and oxygen atoms in total. The Morgan fingerprint density at radius 1 is 1.27 bits per heavy atom. The summed E-state index contributed by atoms with van der Waals surface area (Å²) in [6.45, 7) is 0. The summed E-state index contributed by atoms with van der Waals surface area (Å²) < 4.78 is 2.07. The molecule has 0 radical (unpaired) electrons. The quantitative estimate of drug-likeness (QED) is 0.805. The lowest BCUT2D eigenvalue weighted by atomic mass is 10.1. The fourth-order valence-electron chi connectivity index (χ4n) is 2.15. The van der Waals surface area contributed by atoms with Gasteiger partial charge in [-0.2, -0.15) is 0 Å². The van der Waals surface area contributed by atoms with Crippen LogP contribution >= 0.6 is 0 Å². The second kappa shape index (κ2) is 3.12. The summed E-state index contributed by atoms with van der Waals surface area (Å²) in [5.74, 6) is 1.24. The van der Waals surface area contributed by atoms with Crippen LogP contribution in [0.4, 0.5) is 5.95 Å². The maximum atomic E-state index is 5.77. The van der Waals surface area contributed by atoms with Gasteiger partial charge >= 0.3 is 0 Å². The molecule has 1 fully saturated rings. The van der Waals surface area contributed by atoms with E-state index in [4.69, 9.17) is 5.73 Å². The van der Waals surface area contributed by atoms with Crippen LogP contribution in [-0.4, -0.2) is 9.55 Å². The van der Waals surface area contributed by atoms with Gasteiger partial charge in [-0.05, 0) is 12.0 Å². The maximum Gasteiger partial charge on any atom is 0.200 e. The van der Waals surface area contributed by atoms with Gasteiger partial charge in [0.15, 0.2) is 5.95 Å². The summed E-state index contributed by atoms with van der Waals surface area (Å²) >= 11 is 0. The van der Waals surface area contributed by atoms with Gasteiger partial charge in [0.25, 0.3) is 0 Å². The van der Waals surface area contributed by atoms with Crippen LogP contribution in [0.1, 0.15) is 23.9 Å². The van der Waals surface area contributed by atoms with E-state index in [9.17, 15) is 0 Å². The fraction of sp³-hybridized carbons (Fsp3) is 0.250. The van der Waals surface area contributed by atoms with Crippen LogP contribution in [0, 0.1) is 0 Å². The van der Waals surface area contributed by atoms with Gasteiger partial charge in [-0.25, -0.2) is 4.98 Å². The predicted molar refractivity (Wildman–Crippen MR) is 59.5 cm³/mol. The number of aromatic nitrogens is 2. The number of imidazole rings is 1. The van der Waals surface area contributed by atoms with Crippen LogP contribution in [0.3, 0.4) is 0 Å². The van der Waals surface area contributed by atoms with Crippen molar-refractivity contribution in [2.75, 3.05) is 5.73 Å². The van der Waals surface area contributed by atoms with Crippen molar-refractivity contribution in [1.82, 2.24) is 9.55 Å². The van der Waals surface area contributed by atoms with E-state index in [1.165, 1.54) is 12.0 Å². The van der Waals surface area contributed by atoms with Crippen LogP contribution < -0.4 is 5.73 Å². The molecule has 2 unspecified atom stereocenters. The molecule has 0 aliphatic heterocycles. The number of hydrogen-bond acceptors (Lipinski definition) is 2. The molecule has 2 aromatic rings. The average molecular weight is 199 g/mol. The molecule has 15 heavy (non-hydrogen) atoms. The number of nitrogen functional groups attached to an aromatic ring is 1. The zero-order valence-corrected chi connectivity index (χ0v) is 8.38. The summed E-state index contributed by atoms with van der Waals surface area (Å²) in [5.41, 5.74) is 7.17. The minimum absolute atomic E-state index is 0.509. The normalized spacial score (nSPS) is 24.0. The summed E-state index contributed by atoms with van der Waals surface area (Å²) in [6.07, 6.45) is 4.89. The second-order valence-electron chi connectivity index (χ2n) is 4.01. The number of benzene rings is 1. The first-order valence-corrected chi connectivity index (χ1v) is 5.19. The van der Waals surface area contributed by atoms with Crippen LogP contribution in [0.25, 0.3) is 0 Å². The van der Waals surface area contributed by atoms with E-state index in [0.29, 0.717) is 17.9 Å². The molecule has 2 N–H and O–H groups in total. The molecule has 0 saturated heterocycles. The minimum Gasteiger partial charge on any atom is -0.369 e. The molecule has 1 aromatic heterocycles. The highest BCUT2D eigenvalue weighted by Gasteiger charge is 2.40. The molecule has 0 bridgehead atoms. The van der Waals surface area contributed by atoms with E-state index >= 15 is 0 Å². The van der Waals surface area contributed by atoms with E-state index in [1.54, 1.807) is 6.20 Å². The summed E-state index contributed by atoms with van der Waals surface area (Å²) in [5, 5.41) is 0. The molecule has 76 valence electrons. The molecule has 2 atom stereocenters. The van der Waals surface area contributed by atoms with Gasteiger partial charge in [-0.15, -0.1) is 0 Å². The lowest BCUT2D eigenvalue weighted by molar-refractivity contribution is 0.728. The number of anilines is 1. The van der Waals surface area contributed by atoms with Crippen LogP contribution in [0.15, 0.2) is 42.7 Å². The average Bonchev–Trinajstić information content (AvgIpc) is 2.96. The smallest absolute Gasteiger partial charge is 0.200 e. The number of nitrogens with zero attached hydrogens (tertiary/aromatic N) is 2. The van der Waals surface area contributed by atoms with Gasteiger partial charge in [0.05, 0.1) is 0 Å². The van der Waals surface area contributed by atoms with Crippen molar-refractivity contribution in [2.24, 2.45) is 0 Å². The molecule has 0 spiro atoms. The first-order valence-electron chi connectivity index (χ1n) is 5.19. The Morgan fingerprint density at radius 2 is 2.07 bits per heavy atom. The largest absolute Gasteiger partial charge is 0.369 e. The van der Waals surface area contributed by atoms with Gasteiger partial charge < -0.3 is 10.3 Å². The van der Waals surface area contributed by atoms with Crippen molar-refractivity contribution in [3.8, 4) is 0 Å². The van der Waals surface area contributed by atoms with Crippen molar-refractivity contribution in [3.63, 3.8) is 0 Å². The van der Waals surface area contributed by atoms with E-state index < -0.39 is 0 Å². The molecule has 1 saturated carbocycles. The van der Waals surface area contributed by atoms with Crippen molar-refractivity contribution >= 4 is 5.95 Å². The Kier molecular flexibility index (Phi) is 1.78. The van der Waals surface area contributed by atoms with Crippen LogP contribution in [0.5, 0.6) is 0 Å². The van der Waals surface area contributed by atoms with Gasteiger partial charge in [0, 0.05) is 24.4 Å². The number of nitrogens with two attached hydrogens (primary N) is 1. The molecule has 3 rings (SSSR count). The monoisotopic (exact) mass is 199 g/mol.